The fraction of sp³-hybridized carbons (Fsp3) is 0.409. The number of methoxy groups -OCH3 is 1. The standard InChI is InChI=1S/C22H27NO4/c1-16-9-10-19(13-17(16)2)27-20-11-12-23(14-21(20)25-3)22(24)26-15-18-7-5-4-6-8-18/h4-10,13,20-21H,11-12,14-15H2,1-3H3/t20-,21-/m1/s1. The maximum Gasteiger partial charge on any atom is 0.410 e. The van der Waals surface area contributed by atoms with Crippen molar-refractivity contribution in [3.05, 3.63) is 65.2 Å². The first-order valence-corrected chi connectivity index (χ1v) is 9.29. The number of amides is 1. The molecule has 0 aromatic heterocycles. The molecule has 2 aromatic carbocycles. The number of rotatable bonds is 5. The highest BCUT2D eigenvalue weighted by Gasteiger charge is 2.33. The molecule has 0 radical (unpaired) electrons. The minimum absolute atomic E-state index is 0.0877. The molecule has 2 aromatic rings. The molecule has 144 valence electrons. The zero-order valence-corrected chi connectivity index (χ0v) is 16.2. The molecule has 5 nitrogen and oxygen atoms in total. The SMILES string of the molecule is CO[C@@H]1CN(C(=O)OCc2ccccc2)CC[C@H]1Oc1ccc(C)c(C)c1. The van der Waals surface area contributed by atoms with E-state index in [1.165, 1.54) is 11.1 Å². The molecule has 1 aliphatic heterocycles. The molecule has 1 fully saturated rings. The monoisotopic (exact) mass is 369 g/mol. The number of piperidine rings is 1. The Morgan fingerprint density at radius 3 is 2.56 bits per heavy atom. The summed E-state index contributed by atoms with van der Waals surface area (Å²) < 4.78 is 17.2. The predicted octanol–water partition coefficient (Wildman–Crippen LogP) is 4.11. The van der Waals surface area contributed by atoms with Crippen LogP contribution >= 0.6 is 0 Å². The molecule has 0 saturated carbocycles. The minimum Gasteiger partial charge on any atom is -0.488 e. The smallest absolute Gasteiger partial charge is 0.410 e. The molecule has 2 atom stereocenters. The van der Waals surface area contributed by atoms with E-state index in [4.69, 9.17) is 14.2 Å². The maximum absolute atomic E-state index is 12.4. The predicted molar refractivity (Wildman–Crippen MR) is 104 cm³/mol. The van der Waals surface area contributed by atoms with Gasteiger partial charge in [-0.25, -0.2) is 4.79 Å². The molecule has 0 bridgehead atoms. The zero-order chi connectivity index (χ0) is 19.2. The Kier molecular flexibility index (Phi) is 6.35. The van der Waals surface area contributed by atoms with Crippen LogP contribution in [0.3, 0.4) is 0 Å². The van der Waals surface area contributed by atoms with Gasteiger partial charge >= 0.3 is 6.09 Å². The van der Waals surface area contributed by atoms with Gasteiger partial charge in [0.15, 0.2) is 0 Å². The number of hydrogen-bond acceptors (Lipinski definition) is 4. The summed E-state index contributed by atoms with van der Waals surface area (Å²) in [6, 6.07) is 15.8. The van der Waals surface area contributed by atoms with Gasteiger partial charge < -0.3 is 19.1 Å². The van der Waals surface area contributed by atoms with Crippen LogP contribution in [0.4, 0.5) is 4.79 Å². The lowest BCUT2D eigenvalue weighted by molar-refractivity contribution is -0.0475. The largest absolute Gasteiger partial charge is 0.488 e. The second kappa shape index (κ2) is 8.91. The first-order chi connectivity index (χ1) is 13.1. The van der Waals surface area contributed by atoms with E-state index >= 15 is 0 Å². The van der Waals surface area contributed by atoms with Gasteiger partial charge in [-0.1, -0.05) is 36.4 Å². The highest BCUT2D eigenvalue weighted by molar-refractivity contribution is 5.67. The summed E-state index contributed by atoms with van der Waals surface area (Å²) in [5, 5.41) is 0. The summed E-state index contributed by atoms with van der Waals surface area (Å²) in [6.07, 6.45) is 0.108. The molecule has 27 heavy (non-hydrogen) atoms. The van der Waals surface area contributed by atoms with Crippen molar-refractivity contribution in [1.29, 1.82) is 0 Å². The van der Waals surface area contributed by atoms with Crippen molar-refractivity contribution in [3.8, 4) is 5.75 Å². The molecule has 0 spiro atoms. The average Bonchev–Trinajstić information content (AvgIpc) is 2.70. The van der Waals surface area contributed by atoms with Crippen LogP contribution in [-0.4, -0.2) is 43.4 Å². The van der Waals surface area contributed by atoms with Gasteiger partial charge in [-0.15, -0.1) is 0 Å². The van der Waals surface area contributed by atoms with Crippen molar-refractivity contribution in [1.82, 2.24) is 4.90 Å². The van der Waals surface area contributed by atoms with Crippen molar-refractivity contribution in [2.24, 2.45) is 0 Å². The fourth-order valence-electron chi connectivity index (χ4n) is 3.19. The molecule has 5 heteroatoms. The Bertz CT molecular complexity index is 762. The van der Waals surface area contributed by atoms with Crippen LogP contribution in [-0.2, 0) is 16.1 Å². The minimum atomic E-state index is -0.314. The highest BCUT2D eigenvalue weighted by Crippen LogP contribution is 2.23. The number of likely N-dealkylation sites (tertiary alicyclic amines) is 1. The number of ether oxygens (including phenoxy) is 3. The lowest BCUT2D eigenvalue weighted by Crippen LogP contribution is -2.51. The van der Waals surface area contributed by atoms with Gasteiger partial charge in [0, 0.05) is 20.1 Å². The molecule has 3 rings (SSSR count). The summed E-state index contributed by atoms with van der Waals surface area (Å²) in [7, 11) is 1.65. The summed E-state index contributed by atoms with van der Waals surface area (Å²) >= 11 is 0. The Labute approximate surface area is 160 Å². The van der Waals surface area contributed by atoms with E-state index in [2.05, 4.69) is 19.9 Å². The third-order valence-corrected chi connectivity index (χ3v) is 5.03. The van der Waals surface area contributed by atoms with Gasteiger partial charge in [-0.3, -0.25) is 0 Å². The third-order valence-electron chi connectivity index (χ3n) is 5.03. The molecule has 0 unspecified atom stereocenters. The van der Waals surface area contributed by atoms with Crippen LogP contribution in [0.25, 0.3) is 0 Å². The molecular weight excluding hydrogens is 342 g/mol. The van der Waals surface area contributed by atoms with Crippen molar-refractivity contribution in [2.45, 2.75) is 39.1 Å². The van der Waals surface area contributed by atoms with E-state index in [1.807, 2.05) is 42.5 Å². The van der Waals surface area contributed by atoms with Gasteiger partial charge in [0.1, 0.15) is 24.6 Å². The van der Waals surface area contributed by atoms with E-state index in [1.54, 1.807) is 12.0 Å². The van der Waals surface area contributed by atoms with E-state index in [-0.39, 0.29) is 24.9 Å². The lowest BCUT2D eigenvalue weighted by atomic mass is 10.0. The quantitative estimate of drug-likeness (QED) is 0.796. The average molecular weight is 369 g/mol. The van der Waals surface area contributed by atoms with E-state index < -0.39 is 0 Å². The number of aryl methyl sites for hydroxylation is 2. The normalized spacial score (nSPS) is 19.6. The molecular formula is C22H27NO4. The van der Waals surface area contributed by atoms with E-state index in [0.717, 1.165) is 11.3 Å². The molecule has 1 aliphatic rings. The van der Waals surface area contributed by atoms with Gasteiger partial charge in [0.05, 0.1) is 6.54 Å². The molecule has 0 aliphatic carbocycles. The number of nitrogens with zero attached hydrogens (tertiary/aromatic N) is 1. The van der Waals surface area contributed by atoms with Crippen LogP contribution in [0.1, 0.15) is 23.1 Å². The van der Waals surface area contributed by atoms with Crippen molar-refractivity contribution in [3.63, 3.8) is 0 Å². The van der Waals surface area contributed by atoms with Crippen molar-refractivity contribution in [2.75, 3.05) is 20.2 Å². The van der Waals surface area contributed by atoms with Crippen molar-refractivity contribution < 1.29 is 19.0 Å². The summed E-state index contributed by atoms with van der Waals surface area (Å²) in [4.78, 5) is 14.1. The summed E-state index contributed by atoms with van der Waals surface area (Å²) in [6.45, 7) is 5.47. The number of carbonyl (C=O) groups is 1. The second-order valence-corrected chi connectivity index (χ2v) is 6.95. The van der Waals surface area contributed by atoms with E-state index in [0.29, 0.717) is 19.5 Å². The van der Waals surface area contributed by atoms with Gasteiger partial charge in [0.2, 0.25) is 0 Å². The van der Waals surface area contributed by atoms with Crippen molar-refractivity contribution >= 4 is 6.09 Å². The Balaban J connectivity index is 1.55. The molecule has 1 saturated heterocycles. The first-order valence-electron chi connectivity index (χ1n) is 9.29. The summed E-state index contributed by atoms with van der Waals surface area (Å²) in [5.74, 6) is 0.838. The van der Waals surface area contributed by atoms with Gasteiger partial charge in [-0.05, 0) is 42.7 Å². The number of benzene rings is 2. The maximum atomic E-state index is 12.4. The number of hydrogen-bond donors (Lipinski definition) is 0. The molecule has 0 N–H and O–H groups in total. The Morgan fingerprint density at radius 1 is 1.07 bits per heavy atom. The van der Waals surface area contributed by atoms with Crippen LogP contribution in [0, 0.1) is 13.8 Å². The van der Waals surface area contributed by atoms with Crippen LogP contribution in [0.15, 0.2) is 48.5 Å². The van der Waals surface area contributed by atoms with Crippen LogP contribution < -0.4 is 4.74 Å². The topological polar surface area (TPSA) is 48.0 Å². The van der Waals surface area contributed by atoms with Crippen LogP contribution in [0.2, 0.25) is 0 Å². The van der Waals surface area contributed by atoms with E-state index in [9.17, 15) is 4.79 Å². The van der Waals surface area contributed by atoms with Crippen LogP contribution in [0.5, 0.6) is 5.75 Å². The van der Waals surface area contributed by atoms with Gasteiger partial charge in [0.25, 0.3) is 0 Å². The fourth-order valence-corrected chi connectivity index (χ4v) is 3.19. The Hall–Kier alpha value is -2.53. The summed E-state index contributed by atoms with van der Waals surface area (Å²) in [5.41, 5.74) is 3.41. The lowest BCUT2D eigenvalue weighted by Gasteiger charge is -2.37. The Morgan fingerprint density at radius 2 is 1.85 bits per heavy atom. The first kappa shape index (κ1) is 19.2. The highest BCUT2D eigenvalue weighted by atomic mass is 16.6. The molecule has 1 amide bonds. The number of carbonyl (C=O) groups excluding carboxylic acids is 1. The van der Waals surface area contributed by atoms with Gasteiger partial charge in [-0.2, -0.15) is 0 Å². The molecule has 1 heterocycles. The third kappa shape index (κ3) is 5.01. The second-order valence-electron chi connectivity index (χ2n) is 6.95. The zero-order valence-electron chi connectivity index (χ0n) is 16.2.